The molecule has 0 spiro atoms. The molecule has 17 heavy (non-hydrogen) atoms. The molecule has 1 aromatic heterocycles. The lowest BCUT2D eigenvalue weighted by atomic mass is 9.80. The summed E-state index contributed by atoms with van der Waals surface area (Å²) < 4.78 is 0. The van der Waals surface area contributed by atoms with Gasteiger partial charge in [-0.15, -0.1) is 11.6 Å². The Bertz CT molecular complexity index is 356. The standard InChI is InChI=1S/C15H22ClN/c1-11-5-7-13(8-6-11)14(16)10-15-12(2)4-3-9-17-15/h3-4,9,11,13-14H,5-8,10H2,1-2H3. The molecule has 1 unspecified atom stereocenters. The van der Waals surface area contributed by atoms with Crippen LogP contribution in [0.5, 0.6) is 0 Å². The second-order valence-electron chi connectivity index (χ2n) is 5.51. The van der Waals surface area contributed by atoms with Crippen molar-refractivity contribution in [3.05, 3.63) is 29.6 Å². The fourth-order valence-electron chi connectivity index (χ4n) is 2.73. The predicted octanol–water partition coefficient (Wildman–Crippen LogP) is 4.37. The number of aromatic nitrogens is 1. The van der Waals surface area contributed by atoms with Crippen LogP contribution in [0.25, 0.3) is 0 Å². The van der Waals surface area contributed by atoms with Crippen LogP contribution in [-0.2, 0) is 6.42 Å². The average molecular weight is 252 g/mol. The van der Waals surface area contributed by atoms with Gasteiger partial charge in [0.2, 0.25) is 0 Å². The predicted molar refractivity (Wildman–Crippen MR) is 73.4 cm³/mol. The van der Waals surface area contributed by atoms with Crippen molar-refractivity contribution in [1.82, 2.24) is 4.98 Å². The molecule has 1 fully saturated rings. The van der Waals surface area contributed by atoms with Gasteiger partial charge in [0.15, 0.2) is 0 Å². The summed E-state index contributed by atoms with van der Waals surface area (Å²) in [6, 6.07) is 4.11. The van der Waals surface area contributed by atoms with Gasteiger partial charge in [-0.1, -0.05) is 25.8 Å². The van der Waals surface area contributed by atoms with Crippen LogP contribution in [0.4, 0.5) is 0 Å². The first-order valence-corrected chi connectivity index (χ1v) is 7.15. The maximum Gasteiger partial charge on any atom is 0.0447 e. The molecule has 2 heteroatoms. The minimum atomic E-state index is 0.260. The van der Waals surface area contributed by atoms with Crippen molar-refractivity contribution < 1.29 is 0 Å². The lowest BCUT2D eigenvalue weighted by molar-refractivity contribution is 0.281. The topological polar surface area (TPSA) is 12.9 Å². The Labute approximate surface area is 110 Å². The summed E-state index contributed by atoms with van der Waals surface area (Å²) in [5.74, 6) is 1.58. The van der Waals surface area contributed by atoms with E-state index >= 15 is 0 Å². The molecule has 0 aliphatic heterocycles. The van der Waals surface area contributed by atoms with E-state index in [1.54, 1.807) is 0 Å². The second-order valence-corrected chi connectivity index (χ2v) is 6.07. The first-order chi connectivity index (χ1) is 8.16. The van der Waals surface area contributed by atoms with Gasteiger partial charge in [-0.2, -0.15) is 0 Å². The molecule has 0 radical (unpaired) electrons. The van der Waals surface area contributed by atoms with E-state index in [4.69, 9.17) is 11.6 Å². The summed E-state index contributed by atoms with van der Waals surface area (Å²) in [4.78, 5) is 4.44. The molecule has 1 saturated carbocycles. The zero-order valence-corrected chi connectivity index (χ0v) is 11.6. The van der Waals surface area contributed by atoms with Gasteiger partial charge in [0.25, 0.3) is 0 Å². The number of nitrogens with zero attached hydrogens (tertiary/aromatic N) is 1. The highest BCUT2D eigenvalue weighted by Crippen LogP contribution is 2.33. The molecular weight excluding hydrogens is 230 g/mol. The Balaban J connectivity index is 1.93. The average Bonchev–Trinajstić information content (AvgIpc) is 2.33. The first kappa shape index (κ1) is 12.9. The molecule has 1 atom stereocenters. The van der Waals surface area contributed by atoms with Crippen molar-refractivity contribution in [3.8, 4) is 0 Å². The number of pyridine rings is 1. The van der Waals surface area contributed by atoms with Gasteiger partial charge < -0.3 is 0 Å². The molecule has 0 N–H and O–H groups in total. The quantitative estimate of drug-likeness (QED) is 0.727. The van der Waals surface area contributed by atoms with Crippen molar-refractivity contribution in [2.45, 2.75) is 51.3 Å². The van der Waals surface area contributed by atoms with E-state index in [1.165, 1.54) is 36.9 Å². The third-order valence-corrected chi connectivity index (χ3v) is 4.59. The summed E-state index contributed by atoms with van der Waals surface area (Å²) >= 11 is 6.57. The normalized spacial score (nSPS) is 26.8. The summed E-state index contributed by atoms with van der Waals surface area (Å²) in [6.07, 6.45) is 8.06. The molecule has 0 amide bonds. The minimum Gasteiger partial charge on any atom is -0.261 e. The Morgan fingerprint density at radius 1 is 1.35 bits per heavy atom. The molecule has 0 aromatic carbocycles. The van der Waals surface area contributed by atoms with Crippen molar-refractivity contribution in [3.63, 3.8) is 0 Å². The highest BCUT2D eigenvalue weighted by molar-refractivity contribution is 6.20. The van der Waals surface area contributed by atoms with E-state index in [0.29, 0.717) is 5.92 Å². The molecular formula is C15H22ClN. The van der Waals surface area contributed by atoms with Gasteiger partial charge in [-0.05, 0) is 43.2 Å². The van der Waals surface area contributed by atoms with Crippen molar-refractivity contribution in [1.29, 1.82) is 0 Å². The van der Waals surface area contributed by atoms with Gasteiger partial charge in [0.05, 0.1) is 0 Å². The smallest absolute Gasteiger partial charge is 0.0447 e. The third-order valence-electron chi connectivity index (χ3n) is 4.08. The maximum atomic E-state index is 6.57. The van der Waals surface area contributed by atoms with Gasteiger partial charge in [-0.25, -0.2) is 0 Å². The van der Waals surface area contributed by atoms with Crippen molar-refractivity contribution in [2.24, 2.45) is 11.8 Å². The molecule has 1 aromatic rings. The van der Waals surface area contributed by atoms with Crippen LogP contribution in [0, 0.1) is 18.8 Å². The van der Waals surface area contributed by atoms with Crippen LogP contribution in [0.1, 0.15) is 43.9 Å². The van der Waals surface area contributed by atoms with Crippen LogP contribution >= 0.6 is 11.6 Å². The second kappa shape index (κ2) is 5.86. The third kappa shape index (κ3) is 3.45. The lowest BCUT2D eigenvalue weighted by Gasteiger charge is -2.29. The zero-order chi connectivity index (χ0) is 12.3. The maximum absolute atomic E-state index is 6.57. The van der Waals surface area contributed by atoms with E-state index in [1.807, 2.05) is 12.3 Å². The number of aryl methyl sites for hydroxylation is 1. The summed E-state index contributed by atoms with van der Waals surface area (Å²) in [5.41, 5.74) is 2.44. The number of alkyl halides is 1. The SMILES string of the molecule is Cc1cccnc1CC(Cl)C1CCC(C)CC1. The molecule has 1 nitrogen and oxygen atoms in total. The highest BCUT2D eigenvalue weighted by atomic mass is 35.5. The number of rotatable bonds is 3. The van der Waals surface area contributed by atoms with Gasteiger partial charge >= 0.3 is 0 Å². The lowest BCUT2D eigenvalue weighted by Crippen LogP contribution is -2.23. The van der Waals surface area contributed by atoms with Crippen molar-refractivity contribution in [2.75, 3.05) is 0 Å². The fraction of sp³-hybridized carbons (Fsp3) is 0.667. The van der Waals surface area contributed by atoms with E-state index in [0.717, 1.165) is 12.3 Å². The zero-order valence-electron chi connectivity index (χ0n) is 10.8. The van der Waals surface area contributed by atoms with Crippen molar-refractivity contribution >= 4 is 11.6 Å². The number of hydrogen-bond donors (Lipinski definition) is 0. The monoisotopic (exact) mass is 251 g/mol. The summed E-state index contributed by atoms with van der Waals surface area (Å²) in [5, 5.41) is 0.260. The highest BCUT2D eigenvalue weighted by Gasteiger charge is 2.25. The minimum absolute atomic E-state index is 0.260. The molecule has 0 saturated heterocycles. The van der Waals surface area contributed by atoms with Crippen LogP contribution < -0.4 is 0 Å². The Kier molecular flexibility index (Phi) is 4.44. The molecule has 1 heterocycles. The van der Waals surface area contributed by atoms with E-state index in [2.05, 4.69) is 24.9 Å². The molecule has 0 bridgehead atoms. The van der Waals surface area contributed by atoms with Crippen LogP contribution in [0.15, 0.2) is 18.3 Å². The van der Waals surface area contributed by atoms with Gasteiger partial charge in [0, 0.05) is 23.7 Å². The van der Waals surface area contributed by atoms with Crippen LogP contribution in [0.3, 0.4) is 0 Å². The molecule has 1 aliphatic rings. The van der Waals surface area contributed by atoms with E-state index < -0.39 is 0 Å². The van der Waals surface area contributed by atoms with Gasteiger partial charge in [0.1, 0.15) is 0 Å². The summed E-state index contributed by atoms with van der Waals surface area (Å²) in [6.45, 7) is 4.47. The van der Waals surface area contributed by atoms with Crippen LogP contribution in [-0.4, -0.2) is 10.4 Å². The molecule has 2 rings (SSSR count). The van der Waals surface area contributed by atoms with Gasteiger partial charge in [-0.3, -0.25) is 4.98 Å². The first-order valence-electron chi connectivity index (χ1n) is 6.71. The van der Waals surface area contributed by atoms with E-state index in [-0.39, 0.29) is 5.38 Å². The Morgan fingerprint density at radius 3 is 2.71 bits per heavy atom. The Hall–Kier alpha value is -0.560. The molecule has 1 aliphatic carbocycles. The number of halogens is 1. The fourth-order valence-corrected chi connectivity index (χ4v) is 3.13. The largest absolute Gasteiger partial charge is 0.261 e. The molecule has 94 valence electrons. The van der Waals surface area contributed by atoms with Crippen LogP contribution in [0.2, 0.25) is 0 Å². The number of hydrogen-bond acceptors (Lipinski definition) is 1. The Morgan fingerprint density at radius 2 is 2.06 bits per heavy atom. The summed E-state index contributed by atoms with van der Waals surface area (Å²) in [7, 11) is 0. The van der Waals surface area contributed by atoms with E-state index in [9.17, 15) is 0 Å².